The Morgan fingerprint density at radius 3 is 2.64 bits per heavy atom. The first kappa shape index (κ1) is 17.8. The minimum absolute atomic E-state index is 0.421. The van der Waals surface area contributed by atoms with Crippen LogP contribution in [-0.4, -0.2) is 25.7 Å². The molecule has 0 bridgehead atoms. The monoisotopic (exact) mass is 338 g/mol. The third-order valence-electron chi connectivity index (χ3n) is 5.09. The van der Waals surface area contributed by atoms with Crippen molar-refractivity contribution in [1.82, 2.24) is 5.32 Å². The van der Waals surface area contributed by atoms with Crippen LogP contribution in [0.25, 0.3) is 0 Å². The first-order valence-electron chi connectivity index (χ1n) is 9.50. The standard InChI is InChI=1S/C22H30N2O/c1-4-5-9-19(23-3)16-25-21-13-11-20(12-14-21)24-17(2)15-18-8-6-7-10-22(18)24/h6-8,10-14,17,19,23H,4-5,9,15-16H2,1-3H3/t17?,19-/m1/s1. The van der Waals surface area contributed by atoms with Gasteiger partial charge >= 0.3 is 0 Å². The van der Waals surface area contributed by atoms with Gasteiger partial charge in [-0.2, -0.15) is 0 Å². The normalized spacial score (nSPS) is 17.4. The molecular weight excluding hydrogens is 308 g/mol. The van der Waals surface area contributed by atoms with E-state index in [2.05, 4.69) is 72.6 Å². The third kappa shape index (κ3) is 4.16. The summed E-state index contributed by atoms with van der Waals surface area (Å²) in [5, 5.41) is 3.35. The molecule has 1 aliphatic rings. The predicted octanol–water partition coefficient (Wildman–Crippen LogP) is 4.93. The minimum Gasteiger partial charge on any atom is -0.492 e. The van der Waals surface area contributed by atoms with Gasteiger partial charge in [0.15, 0.2) is 0 Å². The van der Waals surface area contributed by atoms with Crippen LogP contribution >= 0.6 is 0 Å². The van der Waals surface area contributed by atoms with E-state index in [0.29, 0.717) is 12.1 Å². The molecule has 3 nitrogen and oxygen atoms in total. The van der Waals surface area contributed by atoms with Crippen molar-refractivity contribution >= 4 is 11.4 Å². The van der Waals surface area contributed by atoms with Gasteiger partial charge in [-0.3, -0.25) is 0 Å². The van der Waals surface area contributed by atoms with Gasteiger partial charge in [-0.15, -0.1) is 0 Å². The zero-order valence-electron chi connectivity index (χ0n) is 15.7. The van der Waals surface area contributed by atoms with E-state index in [1.807, 2.05) is 7.05 Å². The van der Waals surface area contributed by atoms with Gasteiger partial charge in [0.2, 0.25) is 0 Å². The van der Waals surface area contributed by atoms with E-state index in [4.69, 9.17) is 4.74 Å². The second-order valence-electron chi connectivity index (χ2n) is 6.98. The van der Waals surface area contributed by atoms with Crippen LogP contribution in [-0.2, 0) is 6.42 Å². The molecule has 0 amide bonds. The van der Waals surface area contributed by atoms with Crippen LogP contribution < -0.4 is 15.0 Å². The number of benzene rings is 2. The van der Waals surface area contributed by atoms with E-state index in [0.717, 1.165) is 25.2 Å². The van der Waals surface area contributed by atoms with E-state index in [-0.39, 0.29) is 0 Å². The van der Waals surface area contributed by atoms with Crippen LogP contribution in [0, 0.1) is 0 Å². The molecule has 0 aliphatic carbocycles. The number of ether oxygens (including phenoxy) is 1. The van der Waals surface area contributed by atoms with Gasteiger partial charge in [0, 0.05) is 23.5 Å². The predicted molar refractivity (Wildman–Crippen MR) is 106 cm³/mol. The van der Waals surface area contributed by atoms with E-state index in [9.17, 15) is 0 Å². The molecule has 0 radical (unpaired) electrons. The van der Waals surface area contributed by atoms with E-state index < -0.39 is 0 Å². The molecule has 1 aliphatic heterocycles. The number of rotatable bonds is 8. The lowest BCUT2D eigenvalue weighted by Gasteiger charge is -2.25. The summed E-state index contributed by atoms with van der Waals surface area (Å²) in [4.78, 5) is 2.43. The quantitative estimate of drug-likeness (QED) is 0.739. The van der Waals surface area contributed by atoms with Crippen molar-refractivity contribution in [2.45, 2.75) is 51.6 Å². The lowest BCUT2D eigenvalue weighted by Crippen LogP contribution is -2.31. The molecule has 2 aromatic carbocycles. The van der Waals surface area contributed by atoms with E-state index >= 15 is 0 Å². The van der Waals surface area contributed by atoms with Crippen LogP contribution in [0.15, 0.2) is 48.5 Å². The summed E-state index contributed by atoms with van der Waals surface area (Å²) in [5.74, 6) is 0.945. The number of para-hydroxylation sites is 1. The highest BCUT2D eigenvalue weighted by atomic mass is 16.5. The Balaban J connectivity index is 1.65. The highest BCUT2D eigenvalue weighted by Gasteiger charge is 2.26. The van der Waals surface area contributed by atoms with Crippen LogP contribution in [0.4, 0.5) is 11.4 Å². The van der Waals surface area contributed by atoms with Gasteiger partial charge in [-0.05, 0) is 62.7 Å². The number of likely N-dealkylation sites (N-methyl/N-ethyl adjacent to an activating group) is 1. The number of nitrogens with one attached hydrogen (secondary N) is 1. The average molecular weight is 338 g/mol. The van der Waals surface area contributed by atoms with Crippen LogP contribution in [0.2, 0.25) is 0 Å². The molecular formula is C22H30N2O. The lowest BCUT2D eigenvalue weighted by molar-refractivity contribution is 0.261. The number of unbranched alkanes of at least 4 members (excludes halogenated alkanes) is 1. The van der Waals surface area contributed by atoms with Crippen LogP contribution in [0.1, 0.15) is 38.7 Å². The van der Waals surface area contributed by atoms with Crippen molar-refractivity contribution in [2.75, 3.05) is 18.6 Å². The Bertz CT molecular complexity index is 668. The second kappa shape index (κ2) is 8.39. The Hall–Kier alpha value is -2.00. The zero-order chi connectivity index (χ0) is 17.6. The summed E-state index contributed by atoms with van der Waals surface area (Å²) < 4.78 is 5.99. The topological polar surface area (TPSA) is 24.5 Å². The molecule has 2 atom stereocenters. The molecule has 1 N–H and O–H groups in total. The molecule has 1 unspecified atom stereocenters. The summed E-state index contributed by atoms with van der Waals surface area (Å²) >= 11 is 0. The minimum atomic E-state index is 0.421. The summed E-state index contributed by atoms with van der Waals surface area (Å²) in [5.41, 5.74) is 4.00. The Morgan fingerprint density at radius 2 is 1.92 bits per heavy atom. The van der Waals surface area contributed by atoms with Gasteiger partial charge in [-0.1, -0.05) is 38.0 Å². The first-order valence-corrected chi connectivity index (χ1v) is 9.50. The summed E-state index contributed by atoms with van der Waals surface area (Å²) in [6.45, 7) is 5.23. The molecule has 3 heteroatoms. The largest absolute Gasteiger partial charge is 0.492 e. The zero-order valence-corrected chi connectivity index (χ0v) is 15.7. The van der Waals surface area contributed by atoms with Gasteiger partial charge < -0.3 is 15.0 Å². The molecule has 3 rings (SSSR count). The first-order chi connectivity index (χ1) is 12.2. The molecule has 0 saturated heterocycles. The summed E-state index contributed by atoms with van der Waals surface area (Å²) in [6.07, 6.45) is 4.73. The number of hydrogen-bond donors (Lipinski definition) is 1. The van der Waals surface area contributed by atoms with Crippen LogP contribution in [0.5, 0.6) is 5.75 Å². The molecule has 1 heterocycles. The van der Waals surface area contributed by atoms with E-state index in [1.165, 1.54) is 29.8 Å². The molecule has 0 spiro atoms. The maximum atomic E-state index is 5.99. The van der Waals surface area contributed by atoms with Gasteiger partial charge in [0.25, 0.3) is 0 Å². The molecule has 0 aromatic heterocycles. The Labute approximate surface area is 152 Å². The number of hydrogen-bond acceptors (Lipinski definition) is 3. The van der Waals surface area contributed by atoms with Crippen molar-refractivity contribution < 1.29 is 4.74 Å². The summed E-state index contributed by atoms with van der Waals surface area (Å²) in [6, 6.07) is 18.1. The Morgan fingerprint density at radius 1 is 1.16 bits per heavy atom. The van der Waals surface area contributed by atoms with Crippen molar-refractivity contribution in [3.05, 3.63) is 54.1 Å². The fourth-order valence-corrected chi connectivity index (χ4v) is 3.62. The van der Waals surface area contributed by atoms with Crippen molar-refractivity contribution in [1.29, 1.82) is 0 Å². The lowest BCUT2D eigenvalue weighted by atomic mass is 10.1. The number of nitrogens with zero attached hydrogens (tertiary/aromatic N) is 1. The van der Waals surface area contributed by atoms with Gasteiger partial charge in [0.1, 0.15) is 12.4 Å². The summed E-state index contributed by atoms with van der Waals surface area (Å²) in [7, 11) is 2.01. The SMILES string of the molecule is CCCC[C@H](COc1ccc(N2c3ccccc3CC2C)cc1)NC. The van der Waals surface area contributed by atoms with Crippen molar-refractivity contribution in [2.24, 2.45) is 0 Å². The van der Waals surface area contributed by atoms with Crippen molar-refractivity contribution in [3.8, 4) is 5.75 Å². The molecule has 0 saturated carbocycles. The maximum Gasteiger partial charge on any atom is 0.119 e. The third-order valence-corrected chi connectivity index (χ3v) is 5.09. The van der Waals surface area contributed by atoms with Crippen molar-refractivity contribution in [3.63, 3.8) is 0 Å². The van der Waals surface area contributed by atoms with E-state index in [1.54, 1.807) is 0 Å². The fourth-order valence-electron chi connectivity index (χ4n) is 3.62. The molecule has 2 aromatic rings. The second-order valence-corrected chi connectivity index (χ2v) is 6.98. The highest BCUT2D eigenvalue weighted by Crippen LogP contribution is 2.38. The molecule has 0 fully saturated rings. The maximum absolute atomic E-state index is 5.99. The highest BCUT2D eigenvalue weighted by molar-refractivity contribution is 5.71. The molecule has 25 heavy (non-hydrogen) atoms. The van der Waals surface area contributed by atoms with Crippen LogP contribution in [0.3, 0.4) is 0 Å². The fraction of sp³-hybridized carbons (Fsp3) is 0.455. The average Bonchev–Trinajstić information content (AvgIpc) is 2.98. The smallest absolute Gasteiger partial charge is 0.119 e. The van der Waals surface area contributed by atoms with Gasteiger partial charge in [-0.25, -0.2) is 0 Å². The number of fused-ring (bicyclic) bond motifs is 1. The Kier molecular flexibility index (Phi) is 5.98. The molecule has 134 valence electrons. The van der Waals surface area contributed by atoms with Gasteiger partial charge in [0.05, 0.1) is 0 Å². The number of anilines is 2.